The van der Waals surface area contributed by atoms with Gasteiger partial charge >= 0.3 is 0 Å². The maximum Gasteiger partial charge on any atom is 0.181 e. The zero-order valence-corrected chi connectivity index (χ0v) is 7.36. The Kier molecular flexibility index (Phi) is 1.44. The Morgan fingerprint density at radius 1 is 1.31 bits per heavy atom. The van der Waals surface area contributed by atoms with Crippen LogP contribution in [0.4, 0.5) is 0 Å². The number of allylic oxidation sites excluding steroid dienone is 1. The predicted octanol–water partition coefficient (Wildman–Crippen LogP) is 0.895. The van der Waals surface area contributed by atoms with E-state index in [1.165, 1.54) is 0 Å². The van der Waals surface area contributed by atoms with Gasteiger partial charge in [0, 0.05) is 11.8 Å². The Bertz CT molecular complexity index is 276. The molecule has 0 aromatic rings. The lowest BCUT2D eigenvalue weighted by atomic mass is 9.82. The molecular formula is C10H12O3. The van der Waals surface area contributed by atoms with Gasteiger partial charge in [-0.2, -0.15) is 0 Å². The van der Waals surface area contributed by atoms with Crippen molar-refractivity contribution in [2.24, 2.45) is 11.8 Å². The maximum atomic E-state index is 11.6. The van der Waals surface area contributed by atoms with Crippen LogP contribution in [0.1, 0.15) is 12.8 Å². The molecule has 13 heavy (non-hydrogen) atoms. The molecule has 0 amide bonds. The Hall–Kier alpha value is -0.670. The normalized spacial score (nSPS) is 40.5. The van der Waals surface area contributed by atoms with Gasteiger partial charge in [0.25, 0.3) is 0 Å². The number of ketones is 1. The number of hydrogen-bond donors (Lipinski definition) is 0. The second-order valence-corrected chi connectivity index (χ2v) is 3.99. The molecule has 1 spiro atoms. The second kappa shape index (κ2) is 2.42. The summed E-state index contributed by atoms with van der Waals surface area (Å²) in [6.45, 7) is 1.25. The third-order valence-electron chi connectivity index (χ3n) is 3.26. The number of hydrogen-bond acceptors (Lipinski definition) is 3. The Labute approximate surface area is 76.7 Å². The van der Waals surface area contributed by atoms with E-state index in [2.05, 4.69) is 6.08 Å². The number of Topliss-reactive ketones (excluding diaryl/α,β-unsaturated/α-hetero) is 1. The first-order valence-corrected chi connectivity index (χ1v) is 4.79. The smallest absolute Gasteiger partial charge is 0.181 e. The van der Waals surface area contributed by atoms with E-state index in [1.807, 2.05) is 6.08 Å². The van der Waals surface area contributed by atoms with Gasteiger partial charge in [-0.3, -0.25) is 4.79 Å². The van der Waals surface area contributed by atoms with Crippen LogP contribution in [0, 0.1) is 11.8 Å². The summed E-state index contributed by atoms with van der Waals surface area (Å²) in [5.74, 6) is 0.133. The van der Waals surface area contributed by atoms with Crippen LogP contribution in [0.15, 0.2) is 12.2 Å². The standard InChI is InChI=1S/C10H12O3/c11-9-6-10(12-3-4-13-10)8-2-1-7(9)5-8/h1-2,7-8H,3-6H2. The van der Waals surface area contributed by atoms with Gasteiger partial charge in [0.2, 0.25) is 0 Å². The van der Waals surface area contributed by atoms with Crippen LogP contribution in [-0.4, -0.2) is 24.8 Å². The first-order valence-electron chi connectivity index (χ1n) is 4.79. The molecule has 3 heteroatoms. The molecule has 3 nitrogen and oxygen atoms in total. The van der Waals surface area contributed by atoms with Gasteiger partial charge < -0.3 is 9.47 Å². The van der Waals surface area contributed by atoms with Crippen molar-refractivity contribution >= 4 is 5.78 Å². The van der Waals surface area contributed by atoms with E-state index < -0.39 is 5.79 Å². The fourth-order valence-electron chi connectivity index (χ4n) is 2.56. The lowest BCUT2D eigenvalue weighted by molar-refractivity contribution is -0.200. The molecule has 1 saturated heterocycles. The van der Waals surface area contributed by atoms with Crippen LogP contribution < -0.4 is 0 Å². The van der Waals surface area contributed by atoms with E-state index in [0.29, 0.717) is 25.6 Å². The first kappa shape index (κ1) is 7.71. The van der Waals surface area contributed by atoms with Crippen LogP contribution in [0.3, 0.4) is 0 Å². The third-order valence-corrected chi connectivity index (χ3v) is 3.26. The summed E-state index contributed by atoms with van der Waals surface area (Å²) in [7, 11) is 0. The topological polar surface area (TPSA) is 35.5 Å². The average Bonchev–Trinajstić information content (AvgIpc) is 2.67. The van der Waals surface area contributed by atoms with Crippen LogP contribution in [0.25, 0.3) is 0 Å². The van der Waals surface area contributed by atoms with Gasteiger partial charge in [-0.1, -0.05) is 12.2 Å². The highest BCUT2D eigenvalue weighted by Gasteiger charge is 2.52. The van der Waals surface area contributed by atoms with Gasteiger partial charge in [-0.15, -0.1) is 0 Å². The molecule has 1 saturated carbocycles. The third kappa shape index (κ3) is 0.944. The van der Waals surface area contributed by atoms with Gasteiger partial charge in [-0.05, 0) is 6.42 Å². The lowest BCUT2D eigenvalue weighted by Gasteiger charge is -2.36. The zero-order valence-electron chi connectivity index (χ0n) is 7.36. The van der Waals surface area contributed by atoms with Gasteiger partial charge in [0.1, 0.15) is 5.78 Å². The fraction of sp³-hybridized carbons (Fsp3) is 0.700. The van der Waals surface area contributed by atoms with Crippen LogP contribution in [-0.2, 0) is 14.3 Å². The van der Waals surface area contributed by atoms with Crippen molar-refractivity contribution in [3.05, 3.63) is 12.2 Å². The van der Waals surface area contributed by atoms with Gasteiger partial charge in [0.05, 0.1) is 19.6 Å². The fourth-order valence-corrected chi connectivity index (χ4v) is 2.56. The van der Waals surface area contributed by atoms with Crippen molar-refractivity contribution in [2.75, 3.05) is 13.2 Å². The minimum atomic E-state index is -0.583. The molecule has 0 radical (unpaired) electrons. The summed E-state index contributed by atoms with van der Waals surface area (Å²) >= 11 is 0. The molecule has 2 bridgehead atoms. The molecule has 1 aliphatic heterocycles. The molecule has 0 aromatic carbocycles. The molecule has 0 aromatic heterocycles. The monoisotopic (exact) mass is 180 g/mol. The molecule has 3 aliphatic rings. The second-order valence-electron chi connectivity index (χ2n) is 3.99. The van der Waals surface area contributed by atoms with E-state index >= 15 is 0 Å². The summed E-state index contributed by atoms with van der Waals surface area (Å²) in [5, 5.41) is 0. The predicted molar refractivity (Wildman–Crippen MR) is 45.0 cm³/mol. The highest BCUT2D eigenvalue weighted by Crippen LogP contribution is 2.45. The van der Waals surface area contributed by atoms with E-state index in [0.717, 1.165) is 6.42 Å². The first-order chi connectivity index (χ1) is 6.30. The number of fused-ring (bicyclic) bond motifs is 3. The summed E-state index contributed by atoms with van der Waals surface area (Å²) < 4.78 is 11.2. The molecular weight excluding hydrogens is 168 g/mol. The van der Waals surface area contributed by atoms with Crippen LogP contribution in [0.5, 0.6) is 0 Å². The molecule has 2 unspecified atom stereocenters. The Morgan fingerprint density at radius 2 is 2.08 bits per heavy atom. The van der Waals surface area contributed by atoms with Crippen molar-refractivity contribution in [1.82, 2.24) is 0 Å². The van der Waals surface area contributed by atoms with E-state index in [-0.39, 0.29) is 11.7 Å². The summed E-state index contributed by atoms with van der Waals surface area (Å²) in [4.78, 5) is 11.6. The molecule has 1 heterocycles. The van der Waals surface area contributed by atoms with Crippen molar-refractivity contribution < 1.29 is 14.3 Å². The Morgan fingerprint density at radius 3 is 2.85 bits per heavy atom. The summed E-state index contributed by atoms with van der Waals surface area (Å²) in [6.07, 6.45) is 5.42. The average molecular weight is 180 g/mol. The lowest BCUT2D eigenvalue weighted by Crippen LogP contribution is -2.44. The minimum absolute atomic E-state index is 0.142. The maximum absolute atomic E-state index is 11.6. The van der Waals surface area contributed by atoms with Crippen molar-refractivity contribution in [1.29, 1.82) is 0 Å². The van der Waals surface area contributed by atoms with Crippen molar-refractivity contribution in [3.8, 4) is 0 Å². The number of carbonyl (C=O) groups excluding carboxylic acids is 1. The van der Waals surface area contributed by atoms with Crippen molar-refractivity contribution in [2.45, 2.75) is 18.6 Å². The minimum Gasteiger partial charge on any atom is -0.346 e. The van der Waals surface area contributed by atoms with E-state index in [4.69, 9.17) is 9.47 Å². The number of carbonyl (C=O) groups is 1. The van der Waals surface area contributed by atoms with Gasteiger partial charge in [0.15, 0.2) is 5.79 Å². The molecule has 0 N–H and O–H groups in total. The SMILES string of the molecule is O=C1CC2(OCCO2)C2C=CC1C2. The van der Waals surface area contributed by atoms with Crippen LogP contribution >= 0.6 is 0 Å². The quantitative estimate of drug-likeness (QED) is 0.519. The van der Waals surface area contributed by atoms with E-state index in [9.17, 15) is 4.79 Å². The van der Waals surface area contributed by atoms with E-state index in [1.54, 1.807) is 0 Å². The largest absolute Gasteiger partial charge is 0.346 e. The van der Waals surface area contributed by atoms with Crippen LogP contribution in [0.2, 0.25) is 0 Å². The molecule has 3 rings (SSSR count). The molecule has 2 atom stereocenters. The molecule has 70 valence electrons. The summed E-state index contributed by atoms with van der Waals surface area (Å²) in [5.41, 5.74) is 0. The number of ether oxygens (including phenoxy) is 2. The van der Waals surface area contributed by atoms with Gasteiger partial charge in [-0.25, -0.2) is 0 Å². The Balaban J connectivity index is 1.96. The molecule has 2 fully saturated rings. The summed E-state index contributed by atoms with van der Waals surface area (Å²) in [6, 6.07) is 0. The van der Waals surface area contributed by atoms with Crippen molar-refractivity contribution in [3.63, 3.8) is 0 Å². The zero-order chi connectivity index (χ0) is 8.89. The highest BCUT2D eigenvalue weighted by atomic mass is 16.7. The highest BCUT2D eigenvalue weighted by molar-refractivity contribution is 5.85. The number of rotatable bonds is 0. The molecule has 2 aliphatic carbocycles.